The van der Waals surface area contributed by atoms with Gasteiger partial charge in [0.05, 0.1) is 5.60 Å². The number of fused-ring (bicyclic) bond motifs is 5. The Bertz CT molecular complexity index is 562. The van der Waals surface area contributed by atoms with Crippen LogP contribution in [0.3, 0.4) is 0 Å². The molecule has 3 saturated carbocycles. The largest absolute Gasteiger partial charge is 0.389 e. The average Bonchev–Trinajstić information content (AvgIpc) is 2.79. The lowest BCUT2D eigenvalue weighted by Crippen LogP contribution is -2.52. The van der Waals surface area contributed by atoms with Crippen molar-refractivity contribution in [2.24, 2.45) is 29.1 Å². The number of hydrogen-bond acceptors (Lipinski definition) is 2. The van der Waals surface area contributed by atoms with Crippen molar-refractivity contribution in [1.82, 2.24) is 0 Å². The lowest BCUT2D eigenvalue weighted by atomic mass is 9.50. The van der Waals surface area contributed by atoms with Crippen LogP contribution in [0, 0.1) is 29.1 Å². The molecular formula is C21H30O2. The van der Waals surface area contributed by atoms with E-state index in [1.165, 1.54) is 24.8 Å². The molecule has 0 spiro atoms. The average molecular weight is 314 g/mol. The zero-order chi connectivity index (χ0) is 16.2. The van der Waals surface area contributed by atoms with Gasteiger partial charge in [-0.05, 0) is 86.5 Å². The lowest BCUT2D eigenvalue weighted by molar-refractivity contribution is -0.120. The molecule has 4 aliphatic rings. The molecule has 23 heavy (non-hydrogen) atoms. The summed E-state index contributed by atoms with van der Waals surface area (Å²) in [6.07, 6.45) is 13.3. The van der Waals surface area contributed by atoms with Gasteiger partial charge >= 0.3 is 0 Å². The minimum atomic E-state index is -0.539. The fourth-order valence-corrected chi connectivity index (χ4v) is 6.87. The van der Waals surface area contributed by atoms with Crippen molar-refractivity contribution < 1.29 is 9.90 Å². The van der Waals surface area contributed by atoms with Gasteiger partial charge in [0.15, 0.2) is 5.78 Å². The third-order valence-electron chi connectivity index (χ3n) is 8.10. The van der Waals surface area contributed by atoms with Crippen molar-refractivity contribution in [3.8, 4) is 0 Å². The van der Waals surface area contributed by atoms with E-state index in [9.17, 15) is 9.90 Å². The summed E-state index contributed by atoms with van der Waals surface area (Å²) in [5.74, 6) is 3.17. The predicted octanol–water partition coefficient (Wildman–Crippen LogP) is 4.44. The molecule has 0 heterocycles. The maximum Gasteiger partial charge on any atom is 0.155 e. The van der Waals surface area contributed by atoms with Crippen LogP contribution in [0.2, 0.25) is 0 Å². The number of carbonyl (C=O) groups excluding carboxylic acids is 1. The Morgan fingerprint density at radius 3 is 2.83 bits per heavy atom. The molecule has 4 aliphatic carbocycles. The molecule has 126 valence electrons. The predicted molar refractivity (Wildman–Crippen MR) is 91.9 cm³/mol. The van der Waals surface area contributed by atoms with Crippen molar-refractivity contribution in [2.45, 2.75) is 70.3 Å². The molecule has 0 saturated heterocycles. The molecule has 0 amide bonds. The van der Waals surface area contributed by atoms with E-state index < -0.39 is 5.60 Å². The Morgan fingerprint density at radius 2 is 2.04 bits per heavy atom. The first kappa shape index (κ1) is 15.6. The summed E-state index contributed by atoms with van der Waals surface area (Å²) in [5, 5.41) is 11.3. The molecule has 3 fully saturated rings. The van der Waals surface area contributed by atoms with Crippen molar-refractivity contribution in [3.63, 3.8) is 0 Å². The Kier molecular flexibility index (Phi) is 3.61. The highest BCUT2D eigenvalue weighted by Gasteiger charge is 2.61. The van der Waals surface area contributed by atoms with E-state index in [1.807, 2.05) is 12.2 Å². The summed E-state index contributed by atoms with van der Waals surface area (Å²) in [6.45, 7) is 6.23. The van der Waals surface area contributed by atoms with Crippen LogP contribution in [0.15, 0.2) is 24.3 Å². The number of rotatable bonds is 2. The quantitative estimate of drug-likeness (QED) is 0.765. The van der Waals surface area contributed by atoms with Crippen LogP contribution in [0.4, 0.5) is 0 Å². The van der Waals surface area contributed by atoms with Gasteiger partial charge in [0, 0.05) is 6.42 Å². The Morgan fingerprint density at radius 1 is 1.22 bits per heavy atom. The fraction of sp³-hybridized carbons (Fsp3) is 0.762. The third kappa shape index (κ3) is 2.13. The lowest BCUT2D eigenvalue weighted by Gasteiger charge is -2.55. The Balaban J connectivity index is 1.62. The van der Waals surface area contributed by atoms with Crippen LogP contribution in [0.25, 0.3) is 0 Å². The molecule has 0 bridgehead atoms. The minimum Gasteiger partial charge on any atom is -0.389 e. The van der Waals surface area contributed by atoms with E-state index in [0.29, 0.717) is 17.6 Å². The van der Waals surface area contributed by atoms with Crippen LogP contribution >= 0.6 is 0 Å². The summed E-state index contributed by atoms with van der Waals surface area (Å²) in [6, 6.07) is 0. The first-order valence-electron chi connectivity index (χ1n) is 9.55. The van der Waals surface area contributed by atoms with E-state index in [4.69, 9.17) is 0 Å². The van der Waals surface area contributed by atoms with Gasteiger partial charge in [0.1, 0.15) is 0 Å². The van der Waals surface area contributed by atoms with Gasteiger partial charge in [0.25, 0.3) is 0 Å². The second kappa shape index (κ2) is 5.31. The van der Waals surface area contributed by atoms with Gasteiger partial charge in [-0.25, -0.2) is 0 Å². The molecule has 0 aromatic carbocycles. The van der Waals surface area contributed by atoms with E-state index >= 15 is 0 Å². The molecule has 6 atom stereocenters. The summed E-state index contributed by atoms with van der Waals surface area (Å²) < 4.78 is 0. The first-order valence-corrected chi connectivity index (χ1v) is 9.55. The smallest absolute Gasteiger partial charge is 0.155 e. The standard InChI is InChI=1S/C21H30O2/c1-3-10-21(23)12-9-19-18-6-4-14-13-15(22)5-7-16(14)17(18)8-11-20(19,21)2/h3,13,16-19,23H,1,4-12H2,2H3/t16?,17?,18?,19?,20-,21-/m0/s1. The maximum atomic E-state index is 11.7. The molecule has 4 rings (SSSR count). The number of ketones is 1. The molecule has 2 heteroatoms. The van der Waals surface area contributed by atoms with Gasteiger partial charge in [-0.1, -0.05) is 18.6 Å². The van der Waals surface area contributed by atoms with Gasteiger partial charge in [-0.15, -0.1) is 6.58 Å². The molecule has 2 nitrogen and oxygen atoms in total. The number of aliphatic hydroxyl groups is 1. The molecule has 0 radical (unpaired) electrons. The van der Waals surface area contributed by atoms with Crippen molar-refractivity contribution in [3.05, 3.63) is 24.3 Å². The van der Waals surface area contributed by atoms with Gasteiger partial charge in [-0.2, -0.15) is 0 Å². The highest BCUT2D eigenvalue weighted by molar-refractivity contribution is 5.91. The van der Waals surface area contributed by atoms with Gasteiger partial charge < -0.3 is 5.11 Å². The first-order chi connectivity index (χ1) is 11.0. The van der Waals surface area contributed by atoms with Crippen LogP contribution < -0.4 is 0 Å². The van der Waals surface area contributed by atoms with E-state index in [1.54, 1.807) is 0 Å². The van der Waals surface area contributed by atoms with Crippen LogP contribution in [-0.2, 0) is 4.79 Å². The Hall–Kier alpha value is -0.890. The van der Waals surface area contributed by atoms with E-state index in [2.05, 4.69) is 13.5 Å². The highest BCUT2D eigenvalue weighted by atomic mass is 16.3. The summed E-state index contributed by atoms with van der Waals surface area (Å²) >= 11 is 0. The Labute approximate surface area is 140 Å². The summed E-state index contributed by atoms with van der Waals surface area (Å²) in [4.78, 5) is 11.7. The van der Waals surface area contributed by atoms with Gasteiger partial charge in [0.2, 0.25) is 0 Å². The zero-order valence-corrected chi connectivity index (χ0v) is 14.4. The molecule has 0 aliphatic heterocycles. The summed E-state index contributed by atoms with van der Waals surface area (Å²) in [7, 11) is 0. The van der Waals surface area contributed by atoms with Crippen molar-refractivity contribution >= 4 is 5.78 Å². The minimum absolute atomic E-state index is 0.0636. The van der Waals surface area contributed by atoms with Crippen LogP contribution in [0.1, 0.15) is 64.7 Å². The molecule has 1 N–H and O–H groups in total. The van der Waals surface area contributed by atoms with E-state index in [-0.39, 0.29) is 5.41 Å². The van der Waals surface area contributed by atoms with Gasteiger partial charge in [-0.3, -0.25) is 4.79 Å². The topological polar surface area (TPSA) is 37.3 Å². The van der Waals surface area contributed by atoms with Crippen LogP contribution in [-0.4, -0.2) is 16.5 Å². The fourth-order valence-electron chi connectivity index (χ4n) is 6.87. The second-order valence-electron chi connectivity index (χ2n) is 8.82. The highest BCUT2D eigenvalue weighted by Crippen LogP contribution is 2.65. The molecular weight excluding hydrogens is 284 g/mol. The van der Waals surface area contributed by atoms with Crippen molar-refractivity contribution in [2.75, 3.05) is 0 Å². The maximum absolute atomic E-state index is 11.7. The number of hydrogen-bond donors (Lipinski definition) is 1. The summed E-state index contributed by atoms with van der Waals surface area (Å²) in [5.41, 5.74) is 0.974. The SMILES string of the molecule is C=CC[C@]1(O)CCC2C3CCC4=CC(=O)CCC4C3CC[C@@]21C. The monoisotopic (exact) mass is 314 g/mol. The molecule has 4 unspecified atom stereocenters. The van der Waals surface area contributed by atoms with Crippen molar-refractivity contribution in [1.29, 1.82) is 0 Å². The third-order valence-corrected chi connectivity index (χ3v) is 8.10. The molecule has 0 aromatic rings. The second-order valence-corrected chi connectivity index (χ2v) is 8.82. The van der Waals surface area contributed by atoms with E-state index in [0.717, 1.165) is 50.4 Å². The number of carbonyl (C=O) groups is 1. The number of allylic oxidation sites excluding steroid dienone is 1. The molecule has 0 aromatic heterocycles. The zero-order valence-electron chi connectivity index (χ0n) is 14.4. The van der Waals surface area contributed by atoms with Crippen LogP contribution in [0.5, 0.6) is 0 Å². The normalized spacial score (nSPS) is 49.0.